The summed E-state index contributed by atoms with van der Waals surface area (Å²) in [6.07, 6.45) is 4.90. The number of carbonyl (C=O) groups excluding carboxylic acids is 4. The van der Waals surface area contributed by atoms with Crippen molar-refractivity contribution in [1.29, 1.82) is 0 Å². The van der Waals surface area contributed by atoms with E-state index in [-0.39, 0.29) is 36.4 Å². The van der Waals surface area contributed by atoms with Gasteiger partial charge in [0.15, 0.2) is 6.17 Å². The molecular formula is C30H47N7O5. The van der Waals surface area contributed by atoms with Gasteiger partial charge in [-0.2, -0.15) is 0 Å². The lowest BCUT2D eigenvalue weighted by molar-refractivity contribution is -0.144. The summed E-state index contributed by atoms with van der Waals surface area (Å²) in [4.78, 5) is 55.0. The molecule has 0 aromatic heterocycles. The van der Waals surface area contributed by atoms with Crippen molar-refractivity contribution in [2.45, 2.75) is 114 Å². The van der Waals surface area contributed by atoms with Crippen LogP contribution in [0.2, 0.25) is 0 Å². The Labute approximate surface area is 248 Å². The summed E-state index contributed by atoms with van der Waals surface area (Å²) in [5.41, 5.74) is 13.8. The molecular weight excluding hydrogens is 538 g/mol. The second-order valence-electron chi connectivity index (χ2n) is 12.9. The molecule has 2 fully saturated rings. The number of nitrogens with zero attached hydrogens (tertiary/aromatic N) is 2. The number of rotatable bonds is 7. The van der Waals surface area contributed by atoms with Crippen molar-refractivity contribution in [2.24, 2.45) is 23.2 Å². The number of hydrazine groups is 1. The topological polar surface area (TPSA) is 186 Å². The van der Waals surface area contributed by atoms with E-state index in [0.717, 1.165) is 56.9 Å². The molecule has 3 aliphatic rings. The molecule has 0 radical (unpaired) electrons. The Morgan fingerprint density at radius 3 is 2.43 bits per heavy atom. The van der Waals surface area contributed by atoms with Crippen LogP contribution in [0.3, 0.4) is 0 Å². The Bertz CT molecular complexity index is 1150. The number of aryl methyl sites for hydroxylation is 1. The molecule has 0 bridgehead atoms. The lowest BCUT2D eigenvalue weighted by Crippen LogP contribution is -2.63. The fraction of sp³-hybridized carbons (Fsp3) is 0.667. The van der Waals surface area contributed by atoms with Crippen molar-refractivity contribution in [2.75, 3.05) is 6.54 Å². The summed E-state index contributed by atoms with van der Waals surface area (Å²) < 4.78 is 5.23. The molecule has 42 heavy (non-hydrogen) atoms. The van der Waals surface area contributed by atoms with Gasteiger partial charge >= 0.3 is 6.09 Å². The fourth-order valence-electron chi connectivity index (χ4n) is 6.35. The molecule has 2 aliphatic carbocycles. The van der Waals surface area contributed by atoms with Crippen LogP contribution in [0.25, 0.3) is 0 Å². The van der Waals surface area contributed by atoms with Gasteiger partial charge in [0.1, 0.15) is 17.7 Å². The van der Waals surface area contributed by atoms with Crippen LogP contribution in [-0.2, 0) is 25.5 Å². The molecule has 1 aliphatic heterocycles. The Hall–Kier alpha value is -3.22. The van der Waals surface area contributed by atoms with Gasteiger partial charge in [-0.15, -0.1) is 0 Å². The lowest BCUT2D eigenvalue weighted by atomic mass is 9.83. The lowest BCUT2D eigenvalue weighted by Gasteiger charge is -2.36. The highest BCUT2D eigenvalue weighted by atomic mass is 16.6. The quantitative estimate of drug-likeness (QED) is 0.138. The van der Waals surface area contributed by atoms with E-state index in [1.165, 1.54) is 10.5 Å². The highest BCUT2D eigenvalue weighted by molar-refractivity contribution is 5.94. The number of ether oxygens (including phenoxy) is 1. The van der Waals surface area contributed by atoms with Gasteiger partial charge in [0.2, 0.25) is 11.8 Å². The summed E-state index contributed by atoms with van der Waals surface area (Å²) >= 11 is 0. The Morgan fingerprint density at radius 2 is 1.74 bits per heavy atom. The van der Waals surface area contributed by atoms with E-state index in [2.05, 4.69) is 16.7 Å². The van der Waals surface area contributed by atoms with Crippen molar-refractivity contribution in [1.82, 2.24) is 20.5 Å². The van der Waals surface area contributed by atoms with E-state index in [9.17, 15) is 19.2 Å². The number of hydrogen-bond acceptors (Lipinski definition) is 8. The SMILES string of the molecule is CC(C)(C)OC(=O)N(N)[C@@H](N)C(=O)N[C@H](C(=O)N1C[C@@H](N)C[C@H]1C(=O)N[C@@H]1CCCc2ccccc21)C1CCCCC1. The Balaban J connectivity index is 1.50. The number of benzene rings is 1. The first-order valence-corrected chi connectivity index (χ1v) is 15.1. The molecule has 12 heteroatoms. The highest BCUT2D eigenvalue weighted by Gasteiger charge is 2.44. The van der Waals surface area contributed by atoms with Crippen molar-refractivity contribution >= 4 is 23.8 Å². The van der Waals surface area contributed by atoms with Crippen molar-refractivity contribution in [3.8, 4) is 0 Å². The second-order valence-corrected chi connectivity index (χ2v) is 12.9. The molecule has 12 nitrogen and oxygen atoms in total. The molecule has 0 unspecified atom stereocenters. The van der Waals surface area contributed by atoms with Gasteiger partial charge in [-0.1, -0.05) is 43.5 Å². The fourth-order valence-corrected chi connectivity index (χ4v) is 6.35. The number of likely N-dealkylation sites (tertiary alicyclic amines) is 1. The van der Waals surface area contributed by atoms with E-state index >= 15 is 0 Å². The molecule has 5 atom stereocenters. The maximum absolute atomic E-state index is 14.1. The predicted molar refractivity (Wildman–Crippen MR) is 157 cm³/mol. The van der Waals surface area contributed by atoms with Crippen molar-refractivity contribution in [3.63, 3.8) is 0 Å². The number of carbonyl (C=O) groups is 4. The summed E-state index contributed by atoms with van der Waals surface area (Å²) in [6.45, 7) is 5.21. The Kier molecular flexibility index (Phi) is 10.1. The highest BCUT2D eigenvalue weighted by Crippen LogP contribution is 2.32. The smallest absolute Gasteiger partial charge is 0.426 e. The monoisotopic (exact) mass is 585 g/mol. The largest absolute Gasteiger partial charge is 0.443 e. The maximum Gasteiger partial charge on any atom is 0.426 e. The van der Waals surface area contributed by atoms with Crippen molar-refractivity contribution in [3.05, 3.63) is 35.4 Å². The minimum absolute atomic E-state index is 0.133. The van der Waals surface area contributed by atoms with Crippen LogP contribution in [-0.4, -0.2) is 70.2 Å². The summed E-state index contributed by atoms with van der Waals surface area (Å²) in [6, 6.07) is 5.89. The van der Waals surface area contributed by atoms with Crippen LogP contribution in [0.1, 0.15) is 89.3 Å². The molecule has 0 spiro atoms. The van der Waals surface area contributed by atoms with Crippen LogP contribution in [0, 0.1) is 5.92 Å². The number of nitrogens with one attached hydrogen (secondary N) is 2. The molecule has 232 valence electrons. The third-order valence-corrected chi connectivity index (χ3v) is 8.46. The van der Waals surface area contributed by atoms with E-state index in [1.807, 2.05) is 18.2 Å². The van der Waals surface area contributed by atoms with Gasteiger partial charge < -0.3 is 31.7 Å². The summed E-state index contributed by atoms with van der Waals surface area (Å²) in [7, 11) is 0. The van der Waals surface area contributed by atoms with Gasteiger partial charge in [-0.05, 0) is 76.3 Å². The molecule has 1 aromatic rings. The van der Waals surface area contributed by atoms with Crippen LogP contribution < -0.4 is 27.9 Å². The minimum atomic E-state index is -1.58. The maximum atomic E-state index is 14.1. The van der Waals surface area contributed by atoms with Crippen LogP contribution in [0.4, 0.5) is 4.79 Å². The predicted octanol–water partition coefficient (Wildman–Crippen LogP) is 1.57. The first-order chi connectivity index (χ1) is 19.9. The zero-order valence-electron chi connectivity index (χ0n) is 25.0. The first-order valence-electron chi connectivity index (χ1n) is 15.1. The summed E-state index contributed by atoms with van der Waals surface area (Å²) in [5.74, 6) is 4.28. The molecule has 1 saturated carbocycles. The molecule has 8 N–H and O–H groups in total. The van der Waals surface area contributed by atoms with Crippen LogP contribution in [0.15, 0.2) is 24.3 Å². The molecule has 1 heterocycles. The third kappa shape index (κ3) is 7.59. The van der Waals surface area contributed by atoms with E-state index in [1.54, 1.807) is 20.8 Å². The van der Waals surface area contributed by atoms with Gasteiger partial charge in [0.25, 0.3) is 5.91 Å². The van der Waals surface area contributed by atoms with E-state index < -0.39 is 35.9 Å². The zero-order valence-corrected chi connectivity index (χ0v) is 25.0. The molecule has 4 rings (SSSR count). The molecule has 1 saturated heterocycles. The van der Waals surface area contributed by atoms with Crippen LogP contribution in [0.5, 0.6) is 0 Å². The van der Waals surface area contributed by atoms with Gasteiger partial charge in [-0.25, -0.2) is 15.6 Å². The molecule has 1 aromatic carbocycles. The number of nitrogens with two attached hydrogens (primary N) is 3. The zero-order chi connectivity index (χ0) is 30.6. The second kappa shape index (κ2) is 13.4. The van der Waals surface area contributed by atoms with E-state index in [0.29, 0.717) is 11.4 Å². The van der Waals surface area contributed by atoms with Gasteiger partial charge in [0, 0.05) is 12.6 Å². The molecule has 4 amide bonds. The minimum Gasteiger partial charge on any atom is -0.443 e. The number of fused-ring (bicyclic) bond motifs is 1. The van der Waals surface area contributed by atoms with Gasteiger partial charge in [0.05, 0.1) is 6.04 Å². The van der Waals surface area contributed by atoms with Crippen molar-refractivity contribution < 1.29 is 23.9 Å². The number of amides is 4. The first kappa shape index (κ1) is 31.7. The Morgan fingerprint density at radius 1 is 1.05 bits per heavy atom. The third-order valence-electron chi connectivity index (χ3n) is 8.46. The average Bonchev–Trinajstić information content (AvgIpc) is 3.36. The van der Waals surface area contributed by atoms with Gasteiger partial charge in [-0.3, -0.25) is 14.4 Å². The number of hydrogen-bond donors (Lipinski definition) is 5. The summed E-state index contributed by atoms with van der Waals surface area (Å²) in [5, 5.41) is 6.47. The average molecular weight is 586 g/mol. The standard InChI is InChI=1S/C30H47N7O5/c1-30(2,3)42-29(41)37(33)25(32)27(39)35-24(19-11-5-4-6-12-19)28(40)36-17-20(31)16-23(36)26(38)34-22-15-9-13-18-10-7-8-14-21(18)22/h7-8,10,14,19-20,22-25H,4-6,9,11-13,15-17,31-33H2,1-3H3,(H,34,38)(H,35,39)/t20-,22+,23-,24-,25+/m0/s1. The van der Waals surface area contributed by atoms with E-state index in [4.69, 9.17) is 22.0 Å². The van der Waals surface area contributed by atoms with Crippen LogP contribution >= 0.6 is 0 Å². The normalized spacial score (nSPS) is 24.2.